The molecule has 0 saturated carbocycles. The number of carbonyl (C=O) groups is 2. The van der Waals surface area contributed by atoms with Gasteiger partial charge in [-0.1, -0.05) is 6.08 Å². The molecule has 0 aromatic carbocycles. The van der Waals surface area contributed by atoms with Gasteiger partial charge in [0.25, 0.3) is 0 Å². The number of hydrogen-bond donors (Lipinski definition) is 2. The number of nitrogens with one attached hydrogen (secondary N) is 1. The summed E-state index contributed by atoms with van der Waals surface area (Å²) in [5, 5.41) is 11.0. The van der Waals surface area contributed by atoms with Crippen molar-refractivity contribution >= 4 is 35.4 Å². The van der Waals surface area contributed by atoms with Gasteiger partial charge in [0.2, 0.25) is 5.91 Å². The van der Waals surface area contributed by atoms with Crippen LogP contribution in [0.1, 0.15) is 0 Å². The Hall–Kier alpha value is -0.620. The van der Waals surface area contributed by atoms with Crippen LogP contribution < -0.4 is 5.32 Å². The third-order valence-corrected chi connectivity index (χ3v) is 3.14. The first-order valence-electron chi connectivity index (χ1n) is 4.41. The average molecular weight is 249 g/mol. The number of hydrogen-bond acceptors (Lipinski definition) is 4. The monoisotopic (exact) mass is 249 g/mol. The van der Waals surface area contributed by atoms with Crippen molar-refractivity contribution in [2.75, 3.05) is 29.6 Å². The highest BCUT2D eigenvalue weighted by Crippen LogP contribution is 1.99. The van der Waals surface area contributed by atoms with E-state index in [-0.39, 0.29) is 17.4 Å². The summed E-state index contributed by atoms with van der Waals surface area (Å²) in [4.78, 5) is 21.3. The van der Waals surface area contributed by atoms with Crippen LogP contribution in [0.15, 0.2) is 12.7 Å². The standard InChI is InChI=1S/C9H15NO3S2/c1-2-4-14-5-3-10-8(11)6-15-7-9(12)13/h2H,1,3-7H2,(H,10,11)(H,12,13). The van der Waals surface area contributed by atoms with Gasteiger partial charge in [-0.2, -0.15) is 11.8 Å². The molecule has 0 unspecified atom stereocenters. The highest BCUT2D eigenvalue weighted by Gasteiger charge is 2.02. The summed E-state index contributed by atoms with van der Waals surface area (Å²) < 4.78 is 0. The third-order valence-electron chi connectivity index (χ3n) is 1.26. The van der Waals surface area contributed by atoms with E-state index in [1.54, 1.807) is 11.8 Å². The zero-order valence-corrected chi connectivity index (χ0v) is 10.0. The molecular weight excluding hydrogens is 234 g/mol. The molecule has 0 aromatic rings. The summed E-state index contributed by atoms with van der Waals surface area (Å²) in [6.45, 7) is 4.20. The van der Waals surface area contributed by atoms with E-state index < -0.39 is 5.97 Å². The minimum atomic E-state index is -0.894. The van der Waals surface area contributed by atoms with Crippen molar-refractivity contribution in [3.05, 3.63) is 12.7 Å². The molecule has 0 rings (SSSR count). The Balaban J connectivity index is 3.25. The molecule has 0 spiro atoms. The van der Waals surface area contributed by atoms with E-state index in [0.717, 1.165) is 23.3 Å². The molecule has 0 aliphatic heterocycles. The molecule has 0 aliphatic rings. The van der Waals surface area contributed by atoms with E-state index in [9.17, 15) is 9.59 Å². The number of carbonyl (C=O) groups excluding carboxylic acids is 1. The lowest BCUT2D eigenvalue weighted by atomic mass is 10.6. The fraction of sp³-hybridized carbons (Fsp3) is 0.556. The Morgan fingerprint density at radius 2 is 2.07 bits per heavy atom. The van der Waals surface area contributed by atoms with E-state index in [1.807, 2.05) is 6.08 Å². The number of amides is 1. The van der Waals surface area contributed by atoms with E-state index in [2.05, 4.69) is 11.9 Å². The van der Waals surface area contributed by atoms with Crippen molar-refractivity contribution in [1.82, 2.24) is 5.32 Å². The average Bonchev–Trinajstić information content (AvgIpc) is 2.17. The van der Waals surface area contributed by atoms with Gasteiger partial charge in [-0.3, -0.25) is 9.59 Å². The van der Waals surface area contributed by atoms with Gasteiger partial charge >= 0.3 is 5.97 Å². The van der Waals surface area contributed by atoms with Crippen molar-refractivity contribution in [2.45, 2.75) is 0 Å². The van der Waals surface area contributed by atoms with Gasteiger partial charge in [0.05, 0.1) is 11.5 Å². The van der Waals surface area contributed by atoms with Crippen molar-refractivity contribution in [3.8, 4) is 0 Å². The van der Waals surface area contributed by atoms with Crippen LogP contribution in [-0.4, -0.2) is 46.5 Å². The van der Waals surface area contributed by atoms with Gasteiger partial charge in [0.15, 0.2) is 0 Å². The molecule has 0 heterocycles. The van der Waals surface area contributed by atoms with Crippen LogP contribution in [0, 0.1) is 0 Å². The topological polar surface area (TPSA) is 66.4 Å². The maximum absolute atomic E-state index is 11.1. The largest absolute Gasteiger partial charge is 0.481 e. The van der Waals surface area contributed by atoms with E-state index in [1.165, 1.54) is 0 Å². The SMILES string of the molecule is C=CCSCCNC(=O)CSCC(=O)O. The molecule has 0 fully saturated rings. The number of carboxylic acid groups (broad SMARTS) is 1. The molecule has 0 atom stereocenters. The fourth-order valence-electron chi connectivity index (χ4n) is 0.711. The van der Waals surface area contributed by atoms with Crippen LogP contribution in [0.2, 0.25) is 0 Å². The Labute approximate surface area is 97.9 Å². The summed E-state index contributed by atoms with van der Waals surface area (Å²) in [5.74, 6) is 0.900. The number of rotatable bonds is 9. The predicted molar refractivity (Wildman–Crippen MR) is 65.5 cm³/mol. The Morgan fingerprint density at radius 1 is 1.33 bits per heavy atom. The summed E-state index contributed by atoms with van der Waals surface area (Å²) >= 11 is 2.79. The van der Waals surface area contributed by atoms with Crippen LogP contribution in [0.3, 0.4) is 0 Å². The third kappa shape index (κ3) is 11.3. The van der Waals surface area contributed by atoms with E-state index in [0.29, 0.717) is 6.54 Å². The fourth-order valence-corrected chi connectivity index (χ4v) is 1.86. The molecule has 0 aliphatic carbocycles. The summed E-state index contributed by atoms with van der Waals surface area (Å²) in [7, 11) is 0. The van der Waals surface area contributed by atoms with Crippen LogP contribution in [0.25, 0.3) is 0 Å². The molecule has 0 aromatic heterocycles. The number of aliphatic carboxylic acids is 1. The Bertz CT molecular complexity index is 221. The molecule has 1 amide bonds. The second kappa shape index (κ2) is 9.92. The maximum Gasteiger partial charge on any atom is 0.313 e. The van der Waals surface area contributed by atoms with Crippen molar-refractivity contribution in [1.29, 1.82) is 0 Å². The van der Waals surface area contributed by atoms with E-state index >= 15 is 0 Å². The smallest absolute Gasteiger partial charge is 0.313 e. The number of thioether (sulfide) groups is 2. The lowest BCUT2D eigenvalue weighted by Gasteiger charge is -2.03. The van der Waals surface area contributed by atoms with Crippen LogP contribution in [0.5, 0.6) is 0 Å². The van der Waals surface area contributed by atoms with Gasteiger partial charge in [-0.15, -0.1) is 18.3 Å². The lowest BCUT2D eigenvalue weighted by Crippen LogP contribution is -2.27. The first-order valence-corrected chi connectivity index (χ1v) is 6.72. The highest BCUT2D eigenvalue weighted by molar-refractivity contribution is 8.00. The molecule has 6 heteroatoms. The van der Waals surface area contributed by atoms with Gasteiger partial charge in [0.1, 0.15) is 0 Å². The molecule has 0 bridgehead atoms. The van der Waals surface area contributed by atoms with Gasteiger partial charge < -0.3 is 10.4 Å². The minimum Gasteiger partial charge on any atom is -0.481 e. The van der Waals surface area contributed by atoms with Gasteiger partial charge in [0, 0.05) is 18.1 Å². The summed E-state index contributed by atoms with van der Waals surface area (Å²) in [5.41, 5.74) is 0. The van der Waals surface area contributed by atoms with Crippen LogP contribution >= 0.6 is 23.5 Å². The van der Waals surface area contributed by atoms with Crippen molar-refractivity contribution in [3.63, 3.8) is 0 Å². The van der Waals surface area contributed by atoms with Gasteiger partial charge in [-0.05, 0) is 0 Å². The second-order valence-electron chi connectivity index (χ2n) is 2.60. The first kappa shape index (κ1) is 14.4. The molecule has 15 heavy (non-hydrogen) atoms. The Kier molecular flexibility index (Phi) is 9.51. The molecular formula is C9H15NO3S2. The highest BCUT2D eigenvalue weighted by atomic mass is 32.2. The molecule has 0 saturated heterocycles. The predicted octanol–water partition coefficient (Wildman–Crippen LogP) is 0.840. The van der Waals surface area contributed by atoms with E-state index in [4.69, 9.17) is 5.11 Å². The zero-order chi connectivity index (χ0) is 11.5. The van der Waals surface area contributed by atoms with Gasteiger partial charge in [-0.25, -0.2) is 0 Å². The summed E-state index contributed by atoms with van der Waals surface area (Å²) in [6, 6.07) is 0. The summed E-state index contributed by atoms with van der Waals surface area (Å²) in [6.07, 6.45) is 1.81. The maximum atomic E-state index is 11.1. The normalized spacial score (nSPS) is 9.60. The molecule has 0 radical (unpaired) electrons. The zero-order valence-electron chi connectivity index (χ0n) is 8.40. The van der Waals surface area contributed by atoms with Crippen molar-refractivity contribution in [2.24, 2.45) is 0 Å². The quantitative estimate of drug-likeness (QED) is 0.468. The molecule has 2 N–H and O–H groups in total. The lowest BCUT2D eigenvalue weighted by molar-refractivity contribution is -0.133. The first-order chi connectivity index (χ1) is 7.16. The Morgan fingerprint density at radius 3 is 2.67 bits per heavy atom. The minimum absolute atomic E-state index is 0.0291. The van der Waals surface area contributed by atoms with Crippen molar-refractivity contribution < 1.29 is 14.7 Å². The molecule has 86 valence electrons. The number of carboxylic acids is 1. The van der Waals surface area contributed by atoms with Crippen LogP contribution in [-0.2, 0) is 9.59 Å². The van der Waals surface area contributed by atoms with Crippen LogP contribution in [0.4, 0.5) is 0 Å². The second-order valence-corrected chi connectivity index (χ2v) is 4.74. The molecule has 4 nitrogen and oxygen atoms in total.